The van der Waals surface area contributed by atoms with Gasteiger partial charge < -0.3 is 14.6 Å². The maximum Gasteiger partial charge on any atom is 0.343 e. The molecule has 0 unspecified atom stereocenters. The Balaban J connectivity index is 1.86. The number of aliphatic hydroxyl groups excluding tert-OH is 1. The van der Waals surface area contributed by atoms with Gasteiger partial charge in [0.2, 0.25) is 0 Å². The lowest BCUT2D eigenvalue weighted by Crippen LogP contribution is -2.13. The van der Waals surface area contributed by atoms with Crippen molar-refractivity contribution in [1.82, 2.24) is 0 Å². The molecule has 27 heavy (non-hydrogen) atoms. The second-order valence-corrected chi connectivity index (χ2v) is 5.98. The molecule has 2 aromatic rings. The summed E-state index contributed by atoms with van der Waals surface area (Å²) >= 11 is 0. The molecule has 0 atom stereocenters. The van der Waals surface area contributed by atoms with Crippen LogP contribution in [0.2, 0.25) is 0 Å². The third-order valence-corrected chi connectivity index (χ3v) is 4.06. The van der Waals surface area contributed by atoms with Crippen LogP contribution in [0.25, 0.3) is 6.08 Å². The summed E-state index contributed by atoms with van der Waals surface area (Å²) in [6.07, 6.45) is 1.70. The van der Waals surface area contributed by atoms with Crippen LogP contribution in [-0.2, 0) is 16.1 Å². The standard InChI is InChI=1S/C22H21NO4/c1-3-26-22(25)20-15(2)23-18(21(20)24)13-17-11-7-8-12-19(17)27-14-16-9-5-4-6-10-16/h4-13,24H,3,14H2,1-2H3. The SMILES string of the molecule is CCOC(=O)C1=C(O)C(=Cc2ccccc2OCc2ccccc2)N=C1C. The van der Waals surface area contributed by atoms with E-state index in [1.807, 2.05) is 54.6 Å². The average Bonchev–Trinajstić information content (AvgIpc) is 2.95. The summed E-state index contributed by atoms with van der Waals surface area (Å²) in [5, 5.41) is 10.4. The van der Waals surface area contributed by atoms with Crippen molar-refractivity contribution in [2.24, 2.45) is 4.99 Å². The molecular weight excluding hydrogens is 342 g/mol. The average molecular weight is 363 g/mol. The van der Waals surface area contributed by atoms with Gasteiger partial charge in [0.25, 0.3) is 0 Å². The van der Waals surface area contributed by atoms with Gasteiger partial charge in [-0.1, -0.05) is 48.5 Å². The first-order chi connectivity index (χ1) is 13.1. The highest BCUT2D eigenvalue weighted by molar-refractivity contribution is 6.22. The molecule has 5 nitrogen and oxygen atoms in total. The number of aliphatic hydroxyl groups is 1. The Kier molecular flexibility index (Phi) is 5.71. The Hall–Kier alpha value is -3.34. The Morgan fingerprint density at radius 1 is 1.11 bits per heavy atom. The molecule has 0 radical (unpaired) electrons. The van der Waals surface area contributed by atoms with E-state index in [1.165, 1.54) is 0 Å². The van der Waals surface area contributed by atoms with Gasteiger partial charge in [0.1, 0.15) is 23.6 Å². The molecular formula is C22H21NO4. The third-order valence-electron chi connectivity index (χ3n) is 4.06. The van der Waals surface area contributed by atoms with Gasteiger partial charge in [0.05, 0.1) is 12.3 Å². The lowest BCUT2D eigenvalue weighted by Gasteiger charge is -2.09. The quantitative estimate of drug-likeness (QED) is 0.770. The number of hydrogen-bond acceptors (Lipinski definition) is 5. The Labute approximate surface area is 158 Å². The minimum absolute atomic E-state index is 0.103. The van der Waals surface area contributed by atoms with Crippen LogP contribution in [0.4, 0.5) is 0 Å². The molecule has 0 aromatic heterocycles. The molecule has 1 N–H and O–H groups in total. The first-order valence-electron chi connectivity index (χ1n) is 8.74. The van der Waals surface area contributed by atoms with E-state index in [4.69, 9.17) is 9.47 Å². The first kappa shape index (κ1) is 18.5. The van der Waals surface area contributed by atoms with Gasteiger partial charge in [-0.2, -0.15) is 0 Å². The van der Waals surface area contributed by atoms with Crippen molar-refractivity contribution in [1.29, 1.82) is 0 Å². The highest BCUT2D eigenvalue weighted by Gasteiger charge is 2.27. The number of aliphatic imine (C=N–C) groups is 1. The molecule has 0 fully saturated rings. The Bertz CT molecular complexity index is 926. The van der Waals surface area contributed by atoms with E-state index in [0.29, 0.717) is 23.8 Å². The van der Waals surface area contributed by atoms with Crippen molar-refractivity contribution in [2.45, 2.75) is 20.5 Å². The molecule has 0 saturated heterocycles. The molecule has 3 rings (SSSR count). The summed E-state index contributed by atoms with van der Waals surface area (Å²) in [6.45, 7) is 4.05. The van der Waals surface area contributed by atoms with E-state index in [0.717, 1.165) is 11.1 Å². The second-order valence-electron chi connectivity index (χ2n) is 5.98. The smallest absolute Gasteiger partial charge is 0.343 e. The normalized spacial score (nSPS) is 15.0. The predicted molar refractivity (Wildman–Crippen MR) is 105 cm³/mol. The van der Waals surface area contributed by atoms with Crippen LogP contribution < -0.4 is 4.74 Å². The molecule has 1 heterocycles. The minimum atomic E-state index is -0.576. The molecule has 0 spiro atoms. The van der Waals surface area contributed by atoms with Crippen LogP contribution in [0.3, 0.4) is 0 Å². The van der Waals surface area contributed by atoms with Gasteiger partial charge >= 0.3 is 5.97 Å². The van der Waals surface area contributed by atoms with Gasteiger partial charge in [-0.25, -0.2) is 9.79 Å². The largest absolute Gasteiger partial charge is 0.505 e. The summed E-state index contributed by atoms with van der Waals surface area (Å²) in [7, 11) is 0. The number of nitrogens with zero attached hydrogens (tertiary/aromatic N) is 1. The third kappa shape index (κ3) is 4.26. The topological polar surface area (TPSA) is 68.1 Å². The highest BCUT2D eigenvalue weighted by atomic mass is 16.5. The van der Waals surface area contributed by atoms with Crippen molar-refractivity contribution < 1.29 is 19.4 Å². The van der Waals surface area contributed by atoms with E-state index in [-0.39, 0.29) is 17.9 Å². The number of ether oxygens (including phenoxy) is 2. The van der Waals surface area contributed by atoms with Crippen molar-refractivity contribution in [2.75, 3.05) is 6.61 Å². The Morgan fingerprint density at radius 3 is 2.56 bits per heavy atom. The van der Waals surface area contributed by atoms with Gasteiger partial charge in [-0.15, -0.1) is 0 Å². The van der Waals surface area contributed by atoms with E-state index in [1.54, 1.807) is 19.9 Å². The van der Waals surface area contributed by atoms with Crippen LogP contribution in [0.15, 0.2) is 76.6 Å². The fraction of sp³-hybridized carbons (Fsp3) is 0.182. The van der Waals surface area contributed by atoms with Crippen molar-refractivity contribution in [3.05, 3.63) is 82.8 Å². The minimum Gasteiger partial charge on any atom is -0.505 e. The second kappa shape index (κ2) is 8.36. The zero-order valence-electron chi connectivity index (χ0n) is 15.3. The Morgan fingerprint density at radius 2 is 1.81 bits per heavy atom. The fourth-order valence-electron chi connectivity index (χ4n) is 2.75. The molecule has 0 aliphatic carbocycles. The monoisotopic (exact) mass is 363 g/mol. The van der Waals surface area contributed by atoms with Crippen LogP contribution >= 0.6 is 0 Å². The summed E-state index contributed by atoms with van der Waals surface area (Å²) in [6, 6.07) is 17.3. The molecule has 1 aliphatic rings. The van der Waals surface area contributed by atoms with Crippen LogP contribution in [0.1, 0.15) is 25.0 Å². The van der Waals surface area contributed by atoms with Crippen molar-refractivity contribution in [3.8, 4) is 5.75 Å². The zero-order valence-corrected chi connectivity index (χ0v) is 15.3. The summed E-state index contributed by atoms with van der Waals surface area (Å²) in [4.78, 5) is 16.3. The zero-order chi connectivity index (χ0) is 19.2. The summed E-state index contributed by atoms with van der Waals surface area (Å²) in [5.41, 5.74) is 2.66. The number of benzene rings is 2. The number of esters is 1. The highest BCUT2D eigenvalue weighted by Crippen LogP contribution is 2.29. The van der Waals surface area contributed by atoms with E-state index < -0.39 is 5.97 Å². The molecule has 0 bridgehead atoms. The number of para-hydroxylation sites is 1. The van der Waals surface area contributed by atoms with Gasteiger partial charge in [-0.3, -0.25) is 0 Å². The number of hydrogen-bond donors (Lipinski definition) is 1. The van der Waals surface area contributed by atoms with Crippen molar-refractivity contribution in [3.63, 3.8) is 0 Å². The van der Waals surface area contributed by atoms with Crippen LogP contribution in [0, 0.1) is 0 Å². The maximum absolute atomic E-state index is 12.0. The molecule has 2 aromatic carbocycles. The molecule has 1 aliphatic heterocycles. The van der Waals surface area contributed by atoms with Crippen LogP contribution in [-0.4, -0.2) is 23.4 Å². The van der Waals surface area contributed by atoms with Gasteiger partial charge in [0, 0.05) is 5.56 Å². The van der Waals surface area contributed by atoms with E-state index in [9.17, 15) is 9.90 Å². The van der Waals surface area contributed by atoms with E-state index >= 15 is 0 Å². The van der Waals surface area contributed by atoms with Gasteiger partial charge in [-0.05, 0) is 31.6 Å². The summed E-state index contributed by atoms with van der Waals surface area (Å²) in [5.74, 6) is -0.0869. The van der Waals surface area contributed by atoms with E-state index in [2.05, 4.69) is 4.99 Å². The molecule has 5 heteroatoms. The van der Waals surface area contributed by atoms with Gasteiger partial charge in [0.15, 0.2) is 5.76 Å². The maximum atomic E-state index is 12.0. The lowest BCUT2D eigenvalue weighted by molar-refractivity contribution is -0.138. The molecule has 0 amide bonds. The van der Waals surface area contributed by atoms with Crippen molar-refractivity contribution >= 4 is 17.8 Å². The number of carbonyl (C=O) groups excluding carboxylic acids is 1. The lowest BCUT2D eigenvalue weighted by atomic mass is 10.1. The molecule has 0 saturated carbocycles. The predicted octanol–water partition coefficient (Wildman–Crippen LogP) is 4.46. The fourth-order valence-corrected chi connectivity index (χ4v) is 2.75. The first-order valence-corrected chi connectivity index (χ1v) is 8.74. The number of rotatable bonds is 6. The number of carbonyl (C=O) groups is 1. The summed E-state index contributed by atoms with van der Waals surface area (Å²) < 4.78 is 10.9. The molecule has 138 valence electrons. The van der Waals surface area contributed by atoms with Crippen LogP contribution in [0.5, 0.6) is 5.75 Å².